The maximum absolute atomic E-state index is 12.0. The second-order valence-electron chi connectivity index (χ2n) is 10.5. The van der Waals surface area contributed by atoms with Crippen LogP contribution in [-0.4, -0.2) is 48.7 Å². The summed E-state index contributed by atoms with van der Waals surface area (Å²) in [7, 11) is 1.33. The van der Waals surface area contributed by atoms with Crippen LogP contribution in [0.2, 0.25) is 0 Å². The summed E-state index contributed by atoms with van der Waals surface area (Å²) in [5, 5.41) is 89.8. The van der Waals surface area contributed by atoms with Crippen LogP contribution in [0.3, 0.4) is 0 Å². The van der Waals surface area contributed by atoms with Crippen LogP contribution in [0.5, 0.6) is 46.0 Å². The van der Waals surface area contributed by atoms with Crippen molar-refractivity contribution < 1.29 is 40.9 Å². The smallest absolute Gasteiger partial charge is 0.204 e. The van der Waals surface area contributed by atoms with E-state index in [1.165, 1.54) is 7.85 Å². The number of hydrogen-bond donors (Lipinski definition) is 8. The van der Waals surface area contributed by atoms with Gasteiger partial charge in [-0.2, -0.15) is 0 Å². The van der Waals surface area contributed by atoms with Crippen LogP contribution in [0.15, 0.2) is 78.9 Å². The highest BCUT2D eigenvalue weighted by Crippen LogP contribution is 2.60. The summed E-state index contributed by atoms with van der Waals surface area (Å²) in [6.45, 7) is 0. The van der Waals surface area contributed by atoms with Gasteiger partial charge in [0.1, 0.15) is 19.3 Å². The molecule has 7 aromatic carbocycles. The third-order valence-electron chi connectivity index (χ3n) is 8.27. The summed E-state index contributed by atoms with van der Waals surface area (Å²) in [6.07, 6.45) is 0. The van der Waals surface area contributed by atoms with Crippen molar-refractivity contribution in [2.45, 2.75) is 0 Å². The monoisotopic (exact) mass is 570 g/mol. The molecule has 0 heterocycles. The van der Waals surface area contributed by atoms with Crippen molar-refractivity contribution in [2.75, 3.05) is 0 Å². The highest BCUT2D eigenvalue weighted by atomic mass is 16.3. The van der Waals surface area contributed by atoms with Gasteiger partial charge in [-0.1, -0.05) is 78.9 Å². The van der Waals surface area contributed by atoms with E-state index in [1.54, 1.807) is 0 Å². The van der Waals surface area contributed by atoms with Crippen molar-refractivity contribution in [1.29, 1.82) is 0 Å². The molecule has 210 valence electrons. The van der Waals surface area contributed by atoms with Gasteiger partial charge in [0.05, 0.1) is 5.39 Å². The van der Waals surface area contributed by atoms with Gasteiger partial charge in [-0.05, 0) is 38.1 Å². The lowest BCUT2D eigenvalue weighted by Crippen LogP contribution is -2.05. The lowest BCUT2D eigenvalue weighted by Gasteiger charge is -2.23. The van der Waals surface area contributed by atoms with Gasteiger partial charge in [0.25, 0.3) is 0 Å². The van der Waals surface area contributed by atoms with Crippen LogP contribution in [0.25, 0.3) is 65.3 Å². The largest absolute Gasteiger partial charge is 0.508 e. The van der Waals surface area contributed by atoms with E-state index in [1.807, 2.05) is 78.9 Å². The second kappa shape index (κ2) is 9.02. The van der Waals surface area contributed by atoms with Gasteiger partial charge in [0, 0.05) is 27.3 Å². The maximum Gasteiger partial charge on any atom is 0.204 e. The van der Waals surface area contributed by atoms with Crippen LogP contribution in [0.1, 0.15) is 0 Å². The van der Waals surface area contributed by atoms with Crippen LogP contribution < -0.4 is 5.46 Å². The predicted octanol–water partition coefficient (Wildman–Crippen LogP) is 5.54. The average molecular weight is 570 g/mol. The quantitative estimate of drug-likeness (QED) is 0.0442. The number of aromatic hydroxyl groups is 8. The summed E-state index contributed by atoms with van der Waals surface area (Å²) in [5.74, 6) is -6.71. The van der Waals surface area contributed by atoms with Crippen LogP contribution in [-0.2, 0) is 0 Å². The number of phenolic OH excluding ortho intramolecular Hbond substituents is 8. The van der Waals surface area contributed by atoms with Crippen molar-refractivity contribution in [1.82, 2.24) is 0 Å². The molecule has 0 aliphatic carbocycles. The zero-order chi connectivity index (χ0) is 30.3. The van der Waals surface area contributed by atoms with E-state index in [0.717, 1.165) is 21.9 Å². The van der Waals surface area contributed by atoms with E-state index < -0.39 is 56.8 Å². The molecule has 7 rings (SSSR count). The minimum atomic E-state index is -1.09. The molecule has 0 radical (unpaired) electrons. The molecule has 8 N–H and O–H groups in total. The van der Waals surface area contributed by atoms with E-state index in [4.69, 9.17) is 0 Å². The van der Waals surface area contributed by atoms with Gasteiger partial charge in [0.15, 0.2) is 23.0 Å². The number of fused-ring (bicyclic) bond motifs is 5. The molecule has 9 heteroatoms. The van der Waals surface area contributed by atoms with Gasteiger partial charge >= 0.3 is 0 Å². The summed E-state index contributed by atoms with van der Waals surface area (Å²) in [6, 6.07) is 24.6. The summed E-state index contributed by atoms with van der Waals surface area (Å²) in [4.78, 5) is 0. The molecule has 43 heavy (non-hydrogen) atoms. The third kappa shape index (κ3) is 3.33. The number of benzene rings is 7. The Morgan fingerprint density at radius 2 is 0.744 bits per heavy atom. The van der Waals surface area contributed by atoms with E-state index in [9.17, 15) is 40.9 Å². The summed E-state index contributed by atoms with van der Waals surface area (Å²) in [5.41, 5.74) is 2.00. The van der Waals surface area contributed by atoms with Gasteiger partial charge < -0.3 is 40.9 Å². The first-order chi connectivity index (χ1) is 20.6. The van der Waals surface area contributed by atoms with E-state index in [0.29, 0.717) is 16.3 Å². The first kappa shape index (κ1) is 26.0. The van der Waals surface area contributed by atoms with Crippen molar-refractivity contribution >= 4 is 56.4 Å². The molecule has 0 atom stereocenters. The number of rotatable bonds is 2. The minimum absolute atomic E-state index is 0.0857. The molecule has 0 unspecified atom stereocenters. The zero-order valence-electron chi connectivity index (χ0n) is 22.6. The molecule has 0 saturated carbocycles. The van der Waals surface area contributed by atoms with Crippen molar-refractivity contribution in [3.63, 3.8) is 0 Å². The highest BCUT2D eigenvalue weighted by Gasteiger charge is 2.32. The normalized spacial score (nSPS) is 11.6. The predicted molar refractivity (Wildman–Crippen MR) is 169 cm³/mol. The van der Waals surface area contributed by atoms with E-state index >= 15 is 0 Å². The Hall–Kier alpha value is -5.96. The molecular formula is C34H23BO8. The van der Waals surface area contributed by atoms with Crippen LogP contribution in [0, 0.1) is 0 Å². The average Bonchev–Trinajstić information content (AvgIpc) is 3.03. The number of hydrogen-bond acceptors (Lipinski definition) is 8. The molecule has 0 aliphatic heterocycles. The Labute approximate surface area is 244 Å². The molecule has 0 aromatic heterocycles. The molecule has 8 nitrogen and oxygen atoms in total. The third-order valence-corrected chi connectivity index (χ3v) is 8.27. The molecule has 0 fully saturated rings. The molecule has 7 aromatic rings. The Balaban J connectivity index is 1.84. The Morgan fingerprint density at radius 1 is 0.326 bits per heavy atom. The van der Waals surface area contributed by atoms with E-state index in [-0.39, 0.29) is 21.8 Å². The van der Waals surface area contributed by atoms with Crippen molar-refractivity contribution in [3.05, 3.63) is 78.9 Å². The Kier molecular flexibility index (Phi) is 5.45. The minimum Gasteiger partial charge on any atom is -0.508 e. The van der Waals surface area contributed by atoms with Crippen LogP contribution >= 0.6 is 0 Å². The highest BCUT2D eigenvalue weighted by molar-refractivity contribution is 6.41. The molecule has 0 amide bonds. The molecule has 0 spiro atoms. The fourth-order valence-electron chi connectivity index (χ4n) is 6.29. The SMILES string of the molecule is Bc1c(O)c(O)c2c(c1O)c(O)c(-c1c3ccccc3c(-c3ccccc3)c3ccccc13)c1c(O)c(O)c(O)c(O)c12. The molecule has 0 bridgehead atoms. The molecular weight excluding hydrogens is 547 g/mol. The summed E-state index contributed by atoms with van der Waals surface area (Å²) < 4.78 is 0. The van der Waals surface area contributed by atoms with Crippen molar-refractivity contribution in [3.8, 4) is 68.2 Å². The van der Waals surface area contributed by atoms with E-state index in [2.05, 4.69) is 0 Å². The molecule has 0 aliphatic rings. The van der Waals surface area contributed by atoms with Crippen molar-refractivity contribution in [2.24, 2.45) is 0 Å². The van der Waals surface area contributed by atoms with Crippen LogP contribution in [0.4, 0.5) is 0 Å². The molecule has 0 saturated heterocycles. The Bertz CT molecular complexity index is 2270. The maximum atomic E-state index is 12.0. The second-order valence-corrected chi connectivity index (χ2v) is 10.5. The van der Waals surface area contributed by atoms with Gasteiger partial charge in [-0.15, -0.1) is 0 Å². The first-order valence-corrected chi connectivity index (χ1v) is 13.4. The zero-order valence-corrected chi connectivity index (χ0v) is 22.6. The van der Waals surface area contributed by atoms with Gasteiger partial charge in [-0.25, -0.2) is 0 Å². The lowest BCUT2D eigenvalue weighted by atomic mass is 9.81. The fourth-order valence-corrected chi connectivity index (χ4v) is 6.29. The van der Waals surface area contributed by atoms with Gasteiger partial charge in [0.2, 0.25) is 11.5 Å². The van der Waals surface area contributed by atoms with Gasteiger partial charge in [-0.3, -0.25) is 0 Å². The standard InChI is InChI=1S/C34H23BO8/c35-26-28(37)25-24(29(38)32(26)41)23-22(30(39)33(42)34(43)31(23)40)21(27(25)36)20-17-12-6-4-10-15(17)19(14-8-2-1-3-9-14)16-11-5-7-13-18(16)20/h1-13,36-43H,35H2. The first-order valence-electron chi connectivity index (χ1n) is 13.4. The Morgan fingerprint density at radius 3 is 1.28 bits per heavy atom. The fraction of sp³-hybridized carbons (Fsp3) is 0. The number of phenols is 8. The topological polar surface area (TPSA) is 162 Å². The summed E-state index contributed by atoms with van der Waals surface area (Å²) >= 11 is 0. The lowest BCUT2D eigenvalue weighted by molar-refractivity contribution is 0.351.